The summed E-state index contributed by atoms with van der Waals surface area (Å²) in [6, 6.07) is 6.12. The van der Waals surface area contributed by atoms with Crippen LogP contribution in [0.3, 0.4) is 0 Å². The number of aromatic nitrogens is 2. The Kier molecular flexibility index (Phi) is 6.32. The monoisotopic (exact) mass is 415 g/mol. The molecule has 1 aromatic heterocycles. The zero-order valence-corrected chi connectivity index (χ0v) is 18.2. The summed E-state index contributed by atoms with van der Waals surface area (Å²) in [5, 5.41) is 11.8. The number of aliphatic hydroxyl groups is 1. The van der Waals surface area contributed by atoms with Gasteiger partial charge in [-0.15, -0.1) is 0 Å². The molecule has 0 amide bonds. The van der Waals surface area contributed by atoms with Crippen molar-refractivity contribution in [1.29, 1.82) is 0 Å². The molecule has 3 atom stereocenters. The van der Waals surface area contributed by atoms with Gasteiger partial charge in [-0.2, -0.15) is 0 Å². The summed E-state index contributed by atoms with van der Waals surface area (Å²) < 4.78 is 18.4. The van der Waals surface area contributed by atoms with Gasteiger partial charge < -0.3 is 23.9 Å². The number of ether oxygens (including phenoxy) is 3. The van der Waals surface area contributed by atoms with Crippen molar-refractivity contribution in [2.75, 3.05) is 40.5 Å². The highest BCUT2D eigenvalue weighted by atomic mass is 16.5. The molecule has 7 heteroatoms. The number of hydrogen-bond donors (Lipinski definition) is 1. The minimum Gasteiger partial charge on any atom is -0.493 e. The topological polar surface area (TPSA) is 69.0 Å². The van der Waals surface area contributed by atoms with Crippen LogP contribution in [-0.4, -0.2) is 60.1 Å². The Morgan fingerprint density at radius 1 is 1.13 bits per heavy atom. The van der Waals surface area contributed by atoms with E-state index in [2.05, 4.69) is 22.0 Å². The van der Waals surface area contributed by atoms with E-state index in [0.717, 1.165) is 49.8 Å². The molecule has 1 N–H and O–H groups in total. The largest absolute Gasteiger partial charge is 0.493 e. The summed E-state index contributed by atoms with van der Waals surface area (Å²) >= 11 is 0. The third-order valence-electron chi connectivity index (χ3n) is 6.67. The molecule has 0 radical (unpaired) electrons. The lowest BCUT2D eigenvalue weighted by molar-refractivity contribution is -0.155. The van der Waals surface area contributed by atoms with Crippen molar-refractivity contribution in [2.24, 2.45) is 18.9 Å². The van der Waals surface area contributed by atoms with Gasteiger partial charge in [0.05, 0.1) is 13.7 Å². The van der Waals surface area contributed by atoms with Gasteiger partial charge in [0.2, 0.25) is 0 Å². The predicted octanol–water partition coefficient (Wildman–Crippen LogP) is 2.57. The highest BCUT2D eigenvalue weighted by molar-refractivity contribution is 5.43. The normalized spacial score (nSPS) is 26.5. The number of imidazole rings is 1. The van der Waals surface area contributed by atoms with Gasteiger partial charge in [-0.1, -0.05) is 12.5 Å². The van der Waals surface area contributed by atoms with Crippen LogP contribution in [-0.2, 0) is 23.9 Å². The average Bonchev–Trinajstić information content (AvgIpc) is 3.16. The molecule has 1 unspecified atom stereocenters. The van der Waals surface area contributed by atoms with E-state index < -0.39 is 5.60 Å². The fourth-order valence-corrected chi connectivity index (χ4v) is 5.21. The first-order valence-corrected chi connectivity index (χ1v) is 10.8. The number of methoxy groups -OCH3 is 2. The molecule has 1 aliphatic carbocycles. The third kappa shape index (κ3) is 3.94. The van der Waals surface area contributed by atoms with Crippen LogP contribution in [0.1, 0.15) is 30.7 Å². The van der Waals surface area contributed by atoms with Crippen molar-refractivity contribution in [1.82, 2.24) is 14.5 Å². The van der Waals surface area contributed by atoms with Crippen LogP contribution in [0.15, 0.2) is 30.6 Å². The summed E-state index contributed by atoms with van der Waals surface area (Å²) in [7, 11) is 5.30. The molecule has 2 bridgehead atoms. The highest BCUT2D eigenvalue weighted by Crippen LogP contribution is 2.48. The molecule has 2 heterocycles. The molecule has 30 heavy (non-hydrogen) atoms. The lowest BCUT2D eigenvalue weighted by atomic mass is 9.65. The Morgan fingerprint density at radius 2 is 1.90 bits per heavy atom. The molecule has 2 aromatic rings. The molecular formula is C23H33N3O4. The third-order valence-corrected chi connectivity index (χ3v) is 6.67. The van der Waals surface area contributed by atoms with Crippen molar-refractivity contribution in [3.05, 3.63) is 42.0 Å². The summed E-state index contributed by atoms with van der Waals surface area (Å²) in [6.45, 7) is 3.58. The zero-order chi connectivity index (χ0) is 21.1. The molecule has 1 saturated heterocycles. The number of nitrogens with zero attached hydrogens (tertiary/aromatic N) is 3. The first-order chi connectivity index (χ1) is 14.6. The van der Waals surface area contributed by atoms with Gasteiger partial charge in [-0.3, -0.25) is 4.90 Å². The van der Waals surface area contributed by atoms with Crippen molar-refractivity contribution >= 4 is 0 Å². The molecule has 2 fully saturated rings. The summed E-state index contributed by atoms with van der Waals surface area (Å²) in [5.74, 6) is 2.68. The van der Waals surface area contributed by atoms with Gasteiger partial charge in [0, 0.05) is 58.0 Å². The number of fused-ring (bicyclic) bond motifs is 2. The number of benzene rings is 1. The van der Waals surface area contributed by atoms with E-state index in [1.54, 1.807) is 20.4 Å². The minimum absolute atomic E-state index is 0.196. The second kappa shape index (κ2) is 8.96. The van der Waals surface area contributed by atoms with Crippen LogP contribution in [0.25, 0.3) is 0 Å². The van der Waals surface area contributed by atoms with Crippen LogP contribution in [0, 0.1) is 11.8 Å². The molecule has 0 spiro atoms. The maximum Gasteiger partial charge on any atom is 0.161 e. The van der Waals surface area contributed by atoms with Crippen LogP contribution in [0.5, 0.6) is 11.5 Å². The first kappa shape index (κ1) is 21.2. The van der Waals surface area contributed by atoms with Gasteiger partial charge in [0.15, 0.2) is 11.5 Å². The Hall–Kier alpha value is -2.09. The van der Waals surface area contributed by atoms with Crippen LogP contribution in [0.4, 0.5) is 0 Å². The summed E-state index contributed by atoms with van der Waals surface area (Å²) in [4.78, 5) is 6.99. The number of likely N-dealkylation sites (tertiary alicyclic amines) is 1. The predicted molar refractivity (Wildman–Crippen MR) is 114 cm³/mol. The van der Waals surface area contributed by atoms with Crippen LogP contribution < -0.4 is 9.47 Å². The number of hydrogen-bond acceptors (Lipinski definition) is 6. The molecule has 1 aromatic carbocycles. The molecule has 4 rings (SSSR count). The SMILES string of the molecule is COCCOc1cc(CN2C[C@H]3CCC[C@@H](C2)C3(O)c2nccn2C)ccc1OC. The Balaban J connectivity index is 1.50. The van der Waals surface area contributed by atoms with Crippen LogP contribution in [0.2, 0.25) is 0 Å². The van der Waals surface area contributed by atoms with E-state index in [4.69, 9.17) is 14.2 Å². The van der Waals surface area contributed by atoms with Crippen molar-refractivity contribution < 1.29 is 19.3 Å². The smallest absolute Gasteiger partial charge is 0.161 e. The van der Waals surface area contributed by atoms with Gasteiger partial charge >= 0.3 is 0 Å². The molecule has 2 aliphatic rings. The number of aryl methyl sites for hydroxylation is 1. The maximum absolute atomic E-state index is 11.8. The van der Waals surface area contributed by atoms with E-state index in [1.807, 2.05) is 23.9 Å². The van der Waals surface area contributed by atoms with Gasteiger partial charge in [0.1, 0.15) is 18.0 Å². The van der Waals surface area contributed by atoms with Crippen LogP contribution >= 0.6 is 0 Å². The summed E-state index contributed by atoms with van der Waals surface area (Å²) in [6.07, 6.45) is 6.96. The molecular weight excluding hydrogens is 382 g/mol. The molecule has 7 nitrogen and oxygen atoms in total. The summed E-state index contributed by atoms with van der Waals surface area (Å²) in [5.41, 5.74) is 0.352. The second-order valence-electron chi connectivity index (χ2n) is 8.53. The Bertz CT molecular complexity index is 839. The standard InChI is InChI=1S/C23H33N3O4/c1-25-10-9-24-22(25)23(27)18-5-4-6-19(23)16-26(15-18)14-17-7-8-20(29-3)21(13-17)30-12-11-28-2/h7-10,13,18-19,27H,4-6,11-12,14-16H2,1-3H3/t18-,19+,23?. The zero-order valence-electron chi connectivity index (χ0n) is 18.2. The maximum atomic E-state index is 11.8. The minimum atomic E-state index is -0.832. The molecule has 1 aliphatic heterocycles. The van der Waals surface area contributed by atoms with Gasteiger partial charge in [-0.25, -0.2) is 4.98 Å². The first-order valence-electron chi connectivity index (χ1n) is 10.8. The number of rotatable bonds is 8. The molecule has 164 valence electrons. The van der Waals surface area contributed by atoms with Gasteiger partial charge in [-0.05, 0) is 30.5 Å². The second-order valence-corrected chi connectivity index (χ2v) is 8.53. The van der Waals surface area contributed by atoms with Crippen molar-refractivity contribution in [3.63, 3.8) is 0 Å². The quantitative estimate of drug-likeness (QED) is 0.669. The lowest BCUT2D eigenvalue weighted by Gasteiger charge is -2.52. The lowest BCUT2D eigenvalue weighted by Crippen LogP contribution is -2.58. The fraction of sp³-hybridized carbons (Fsp3) is 0.609. The van der Waals surface area contributed by atoms with E-state index >= 15 is 0 Å². The Labute approximate surface area is 178 Å². The highest BCUT2D eigenvalue weighted by Gasteiger charge is 2.53. The van der Waals surface area contributed by atoms with Crippen molar-refractivity contribution in [3.8, 4) is 11.5 Å². The van der Waals surface area contributed by atoms with E-state index in [1.165, 1.54) is 12.0 Å². The van der Waals surface area contributed by atoms with Gasteiger partial charge in [0.25, 0.3) is 0 Å². The van der Waals surface area contributed by atoms with E-state index in [0.29, 0.717) is 13.2 Å². The number of piperidine rings is 1. The van der Waals surface area contributed by atoms with Crippen molar-refractivity contribution in [2.45, 2.75) is 31.4 Å². The Morgan fingerprint density at radius 3 is 2.53 bits per heavy atom. The average molecular weight is 416 g/mol. The molecule has 1 saturated carbocycles. The van der Waals surface area contributed by atoms with E-state index in [-0.39, 0.29) is 11.8 Å². The van der Waals surface area contributed by atoms with E-state index in [9.17, 15) is 5.11 Å². The fourth-order valence-electron chi connectivity index (χ4n) is 5.21.